The molecule has 0 fully saturated rings. The summed E-state index contributed by atoms with van der Waals surface area (Å²) in [4.78, 5) is 4.46. The minimum Gasteiger partial charge on any atom is -0.478 e. The van der Waals surface area contributed by atoms with E-state index in [1.54, 1.807) is 0 Å². The van der Waals surface area contributed by atoms with Crippen molar-refractivity contribution in [3.8, 4) is 5.88 Å². The molecular weight excluding hydrogens is 260 g/mol. The lowest BCUT2D eigenvalue weighted by Crippen LogP contribution is -2.19. The van der Waals surface area contributed by atoms with Gasteiger partial charge in [-0.3, -0.25) is 0 Å². The van der Waals surface area contributed by atoms with E-state index in [0.29, 0.717) is 5.92 Å². The summed E-state index contributed by atoms with van der Waals surface area (Å²) >= 11 is 0. The fraction of sp³-hybridized carbons (Fsp3) is 0.722. The van der Waals surface area contributed by atoms with Crippen LogP contribution in [-0.4, -0.2) is 18.1 Å². The number of ether oxygens (including phenoxy) is 1. The maximum Gasteiger partial charge on any atom is 0.213 e. The number of hydrogen-bond acceptors (Lipinski definition) is 3. The van der Waals surface area contributed by atoms with Gasteiger partial charge in [-0.1, -0.05) is 46.5 Å². The lowest BCUT2D eigenvalue weighted by atomic mass is 10.2. The molecule has 0 amide bonds. The predicted molar refractivity (Wildman–Crippen MR) is 89.8 cm³/mol. The molecule has 0 spiro atoms. The Labute approximate surface area is 130 Å². The molecule has 120 valence electrons. The van der Waals surface area contributed by atoms with Gasteiger partial charge in [-0.25, -0.2) is 4.98 Å². The van der Waals surface area contributed by atoms with Crippen molar-refractivity contribution in [2.24, 2.45) is 5.92 Å². The van der Waals surface area contributed by atoms with E-state index in [9.17, 15) is 0 Å². The largest absolute Gasteiger partial charge is 0.478 e. The van der Waals surface area contributed by atoms with Crippen LogP contribution < -0.4 is 10.1 Å². The summed E-state index contributed by atoms with van der Waals surface area (Å²) in [6, 6.07) is 4.19. The van der Waals surface area contributed by atoms with Crippen LogP contribution in [0.25, 0.3) is 0 Å². The van der Waals surface area contributed by atoms with Crippen LogP contribution in [0, 0.1) is 12.8 Å². The number of rotatable bonds is 11. The van der Waals surface area contributed by atoms with E-state index < -0.39 is 0 Å². The molecule has 0 atom stereocenters. The third-order valence-corrected chi connectivity index (χ3v) is 3.37. The van der Waals surface area contributed by atoms with Gasteiger partial charge in [0.1, 0.15) is 0 Å². The van der Waals surface area contributed by atoms with Gasteiger partial charge in [-0.05, 0) is 37.4 Å². The normalized spacial score (nSPS) is 11.1. The van der Waals surface area contributed by atoms with Gasteiger partial charge in [-0.15, -0.1) is 0 Å². The molecule has 1 aromatic rings. The lowest BCUT2D eigenvalue weighted by molar-refractivity contribution is 0.292. The summed E-state index contributed by atoms with van der Waals surface area (Å²) in [6.07, 6.45) is 6.30. The zero-order valence-corrected chi connectivity index (χ0v) is 14.2. The Kier molecular flexibility index (Phi) is 9.07. The van der Waals surface area contributed by atoms with E-state index in [-0.39, 0.29) is 0 Å². The van der Waals surface area contributed by atoms with Crippen LogP contribution in [-0.2, 0) is 6.54 Å². The Balaban J connectivity index is 2.34. The van der Waals surface area contributed by atoms with E-state index in [1.807, 2.05) is 6.92 Å². The third-order valence-electron chi connectivity index (χ3n) is 3.37. The Morgan fingerprint density at radius 3 is 2.62 bits per heavy atom. The van der Waals surface area contributed by atoms with Gasteiger partial charge < -0.3 is 10.1 Å². The Morgan fingerprint density at radius 2 is 1.90 bits per heavy atom. The molecule has 0 aliphatic heterocycles. The first-order chi connectivity index (χ1) is 10.1. The van der Waals surface area contributed by atoms with Crippen molar-refractivity contribution in [2.45, 2.75) is 66.3 Å². The Hall–Kier alpha value is -1.09. The fourth-order valence-corrected chi connectivity index (χ4v) is 2.27. The highest BCUT2D eigenvalue weighted by Gasteiger charge is 2.02. The van der Waals surface area contributed by atoms with Crippen LogP contribution in [0.15, 0.2) is 12.1 Å². The molecule has 0 bridgehead atoms. The average Bonchev–Trinajstić information content (AvgIpc) is 2.42. The minimum atomic E-state index is 0.673. The first-order valence-corrected chi connectivity index (χ1v) is 8.43. The number of aryl methyl sites for hydroxylation is 1. The van der Waals surface area contributed by atoms with Crippen molar-refractivity contribution in [1.82, 2.24) is 10.3 Å². The summed E-state index contributed by atoms with van der Waals surface area (Å²) in [5.41, 5.74) is 2.28. The van der Waals surface area contributed by atoms with Crippen LogP contribution in [0.2, 0.25) is 0 Å². The molecule has 3 heteroatoms. The molecule has 0 aliphatic rings. The van der Waals surface area contributed by atoms with E-state index in [2.05, 4.69) is 43.2 Å². The second-order valence-corrected chi connectivity index (χ2v) is 6.24. The van der Waals surface area contributed by atoms with Gasteiger partial charge in [0.15, 0.2) is 0 Å². The molecule has 1 N–H and O–H groups in total. The lowest BCUT2D eigenvalue weighted by Gasteiger charge is -2.10. The summed E-state index contributed by atoms with van der Waals surface area (Å²) in [5, 5.41) is 3.46. The number of pyridine rings is 1. The molecule has 1 rings (SSSR count). The second-order valence-electron chi connectivity index (χ2n) is 6.24. The Morgan fingerprint density at radius 1 is 1.14 bits per heavy atom. The smallest absolute Gasteiger partial charge is 0.213 e. The molecule has 21 heavy (non-hydrogen) atoms. The van der Waals surface area contributed by atoms with Crippen molar-refractivity contribution >= 4 is 0 Å². The topological polar surface area (TPSA) is 34.1 Å². The van der Waals surface area contributed by atoms with Crippen LogP contribution in [0.3, 0.4) is 0 Å². The van der Waals surface area contributed by atoms with Gasteiger partial charge >= 0.3 is 0 Å². The van der Waals surface area contributed by atoms with Gasteiger partial charge in [0.05, 0.1) is 6.61 Å². The number of aromatic nitrogens is 1. The van der Waals surface area contributed by atoms with E-state index in [1.165, 1.54) is 31.2 Å². The van der Waals surface area contributed by atoms with E-state index in [4.69, 9.17) is 4.74 Å². The van der Waals surface area contributed by atoms with Gasteiger partial charge in [-0.2, -0.15) is 0 Å². The highest BCUT2D eigenvalue weighted by Crippen LogP contribution is 2.13. The molecule has 0 unspecified atom stereocenters. The zero-order valence-electron chi connectivity index (χ0n) is 14.2. The first-order valence-electron chi connectivity index (χ1n) is 8.43. The number of unbranched alkanes of at least 4 members (excludes halogenated alkanes) is 4. The molecule has 1 heterocycles. The van der Waals surface area contributed by atoms with Crippen LogP contribution in [0.5, 0.6) is 5.88 Å². The summed E-state index contributed by atoms with van der Waals surface area (Å²) in [7, 11) is 0. The SMILES string of the molecule is CCCCCCCOc1cc(CNCC(C)C)cc(C)n1. The van der Waals surface area contributed by atoms with Gasteiger partial charge in [0.2, 0.25) is 5.88 Å². The molecule has 0 saturated heterocycles. The highest BCUT2D eigenvalue weighted by molar-refractivity contribution is 5.24. The molecule has 0 radical (unpaired) electrons. The molecule has 0 aromatic carbocycles. The predicted octanol–water partition coefficient (Wildman–Crippen LogP) is 4.48. The van der Waals surface area contributed by atoms with Crippen LogP contribution in [0.4, 0.5) is 0 Å². The molecule has 1 aromatic heterocycles. The summed E-state index contributed by atoms with van der Waals surface area (Å²) < 4.78 is 5.80. The summed E-state index contributed by atoms with van der Waals surface area (Å²) in [5.74, 6) is 1.44. The van der Waals surface area contributed by atoms with Gasteiger partial charge in [0.25, 0.3) is 0 Å². The number of hydrogen-bond donors (Lipinski definition) is 1. The van der Waals surface area contributed by atoms with Crippen molar-refractivity contribution in [1.29, 1.82) is 0 Å². The monoisotopic (exact) mass is 292 g/mol. The molecular formula is C18H32N2O. The fourth-order valence-electron chi connectivity index (χ4n) is 2.27. The number of nitrogens with one attached hydrogen (secondary N) is 1. The first kappa shape index (κ1) is 18.0. The summed E-state index contributed by atoms with van der Waals surface area (Å²) in [6.45, 7) is 11.4. The maximum atomic E-state index is 5.80. The molecule has 3 nitrogen and oxygen atoms in total. The van der Waals surface area contributed by atoms with Crippen LogP contribution >= 0.6 is 0 Å². The van der Waals surface area contributed by atoms with Crippen molar-refractivity contribution in [3.05, 3.63) is 23.4 Å². The average molecular weight is 292 g/mol. The van der Waals surface area contributed by atoms with Crippen LogP contribution in [0.1, 0.15) is 64.1 Å². The standard InChI is InChI=1S/C18H32N2O/c1-5-6-7-8-9-10-21-18-12-17(11-16(4)20-18)14-19-13-15(2)3/h11-12,15,19H,5-10,13-14H2,1-4H3. The molecule has 0 aliphatic carbocycles. The van der Waals surface area contributed by atoms with Crippen molar-refractivity contribution in [2.75, 3.05) is 13.2 Å². The van der Waals surface area contributed by atoms with E-state index >= 15 is 0 Å². The Bertz CT molecular complexity index is 391. The van der Waals surface area contributed by atoms with Crippen molar-refractivity contribution < 1.29 is 4.74 Å². The third kappa shape index (κ3) is 8.71. The van der Waals surface area contributed by atoms with Crippen molar-refractivity contribution in [3.63, 3.8) is 0 Å². The minimum absolute atomic E-state index is 0.673. The highest BCUT2D eigenvalue weighted by atomic mass is 16.5. The number of nitrogens with zero attached hydrogens (tertiary/aromatic N) is 1. The van der Waals surface area contributed by atoms with E-state index in [0.717, 1.165) is 37.7 Å². The van der Waals surface area contributed by atoms with Gasteiger partial charge in [0, 0.05) is 18.3 Å². The quantitative estimate of drug-likeness (QED) is 0.610. The zero-order chi connectivity index (χ0) is 15.5. The second kappa shape index (κ2) is 10.6. The maximum absolute atomic E-state index is 5.80. The molecule has 0 saturated carbocycles.